The Kier molecular flexibility index (Phi) is 6.41. The summed E-state index contributed by atoms with van der Waals surface area (Å²) in [6.07, 6.45) is -3.69. The first-order chi connectivity index (χ1) is 14.2. The average molecular weight is 442 g/mol. The molecule has 1 fully saturated rings. The molecule has 0 N–H and O–H groups in total. The number of nitriles is 1. The van der Waals surface area contributed by atoms with Crippen LogP contribution in [0.4, 0.5) is 18.9 Å². The van der Waals surface area contributed by atoms with E-state index >= 15 is 0 Å². The van der Waals surface area contributed by atoms with Crippen molar-refractivity contribution in [1.29, 1.82) is 5.26 Å². The van der Waals surface area contributed by atoms with Gasteiger partial charge in [-0.25, -0.2) is 0 Å². The third-order valence-corrected chi connectivity index (χ3v) is 5.15. The van der Waals surface area contributed by atoms with Crippen molar-refractivity contribution in [3.05, 3.63) is 40.7 Å². The minimum absolute atomic E-state index is 0.00138. The van der Waals surface area contributed by atoms with Crippen LogP contribution in [-0.4, -0.2) is 53.9 Å². The van der Waals surface area contributed by atoms with E-state index in [2.05, 4.69) is 10.00 Å². The smallest absolute Gasteiger partial charge is 0.436 e. The summed E-state index contributed by atoms with van der Waals surface area (Å²) in [5, 5.41) is 12.8. The van der Waals surface area contributed by atoms with E-state index in [1.165, 1.54) is 6.07 Å². The molecule has 1 aliphatic heterocycles. The van der Waals surface area contributed by atoms with Crippen LogP contribution in [-0.2, 0) is 17.5 Å². The van der Waals surface area contributed by atoms with E-state index in [0.717, 1.165) is 16.6 Å². The number of aryl methyl sites for hydroxylation is 1. The molecule has 0 atom stereocenters. The highest BCUT2D eigenvalue weighted by Gasteiger charge is 2.37. The maximum absolute atomic E-state index is 12.9. The topological polar surface area (TPSA) is 74.4 Å². The number of halogens is 4. The van der Waals surface area contributed by atoms with Crippen LogP contribution < -0.4 is 9.64 Å². The van der Waals surface area contributed by atoms with Gasteiger partial charge in [-0.2, -0.15) is 23.5 Å². The molecule has 1 aromatic carbocycles. The van der Waals surface area contributed by atoms with Gasteiger partial charge in [0.15, 0.2) is 5.69 Å². The number of aromatic nitrogens is 2. The fourth-order valence-corrected chi connectivity index (χ4v) is 3.45. The van der Waals surface area contributed by atoms with E-state index in [1.807, 2.05) is 12.1 Å². The Bertz CT molecular complexity index is 962. The molecule has 0 bridgehead atoms. The van der Waals surface area contributed by atoms with Crippen molar-refractivity contribution >= 4 is 23.2 Å². The number of nitrogens with zero attached hydrogens (tertiary/aromatic N) is 5. The summed E-state index contributed by atoms with van der Waals surface area (Å²) < 4.78 is 44.8. The Morgan fingerprint density at radius 1 is 1.30 bits per heavy atom. The highest BCUT2D eigenvalue weighted by molar-refractivity contribution is 6.32. The molecule has 1 saturated heterocycles. The third kappa shape index (κ3) is 4.79. The van der Waals surface area contributed by atoms with E-state index in [-0.39, 0.29) is 18.9 Å². The molecule has 1 aromatic heterocycles. The highest BCUT2D eigenvalue weighted by atomic mass is 35.5. The molecule has 1 amide bonds. The fraction of sp³-hybridized carbons (Fsp3) is 0.421. The molecular formula is C19H19ClF3N5O2. The number of anilines is 1. The minimum Gasteiger partial charge on any atom is -0.495 e. The Morgan fingerprint density at radius 2 is 2.00 bits per heavy atom. The second kappa shape index (κ2) is 8.83. The molecule has 0 spiro atoms. The molecule has 1 aliphatic rings. The van der Waals surface area contributed by atoms with Crippen LogP contribution >= 0.6 is 11.6 Å². The molecule has 2 aromatic rings. The fourth-order valence-electron chi connectivity index (χ4n) is 3.25. The summed E-state index contributed by atoms with van der Waals surface area (Å²) in [5.41, 5.74) is -0.852. The van der Waals surface area contributed by atoms with Gasteiger partial charge in [0, 0.05) is 57.1 Å². The van der Waals surface area contributed by atoms with Gasteiger partial charge < -0.3 is 14.5 Å². The number of amides is 1. The van der Waals surface area contributed by atoms with E-state index in [4.69, 9.17) is 21.6 Å². The molecule has 3 rings (SSSR count). The molecule has 0 radical (unpaired) electrons. The van der Waals surface area contributed by atoms with E-state index in [9.17, 15) is 18.0 Å². The lowest BCUT2D eigenvalue weighted by Gasteiger charge is -2.36. The van der Waals surface area contributed by atoms with Crippen molar-refractivity contribution in [1.82, 2.24) is 14.7 Å². The quantitative estimate of drug-likeness (QED) is 0.712. The first kappa shape index (κ1) is 21.8. The van der Waals surface area contributed by atoms with Crippen LogP contribution in [0.1, 0.15) is 17.7 Å². The van der Waals surface area contributed by atoms with Gasteiger partial charge in [-0.15, -0.1) is 0 Å². The summed E-state index contributed by atoms with van der Waals surface area (Å²) in [4.78, 5) is 16.2. The highest BCUT2D eigenvalue weighted by Crippen LogP contribution is 2.31. The molecule has 7 nitrogen and oxygen atoms in total. The van der Waals surface area contributed by atoms with Crippen molar-refractivity contribution in [2.45, 2.75) is 19.1 Å². The zero-order valence-corrected chi connectivity index (χ0v) is 16.9. The van der Waals surface area contributed by atoms with E-state index < -0.39 is 17.4 Å². The molecule has 160 valence electrons. The van der Waals surface area contributed by atoms with Crippen LogP contribution in [0.15, 0.2) is 24.4 Å². The number of methoxy groups -OCH3 is 1. The zero-order valence-electron chi connectivity index (χ0n) is 16.1. The summed E-state index contributed by atoms with van der Waals surface area (Å²) in [7, 11) is 1.54. The Balaban J connectivity index is 1.55. The first-order valence-electron chi connectivity index (χ1n) is 9.14. The molecule has 11 heteroatoms. The lowest BCUT2D eigenvalue weighted by Crippen LogP contribution is -2.49. The molecule has 0 saturated carbocycles. The van der Waals surface area contributed by atoms with Crippen LogP contribution in [0.2, 0.25) is 5.02 Å². The van der Waals surface area contributed by atoms with Crippen molar-refractivity contribution in [3.63, 3.8) is 0 Å². The average Bonchev–Trinajstić information content (AvgIpc) is 3.16. The maximum Gasteiger partial charge on any atom is 0.436 e. The number of benzene rings is 1. The minimum atomic E-state index is -4.71. The van der Waals surface area contributed by atoms with Crippen LogP contribution in [0.3, 0.4) is 0 Å². The van der Waals surface area contributed by atoms with Gasteiger partial charge in [-0.1, -0.05) is 11.6 Å². The maximum atomic E-state index is 12.9. The van der Waals surface area contributed by atoms with Crippen LogP contribution in [0.25, 0.3) is 0 Å². The van der Waals surface area contributed by atoms with Gasteiger partial charge in [0.1, 0.15) is 17.4 Å². The van der Waals surface area contributed by atoms with Crippen LogP contribution in [0.5, 0.6) is 5.75 Å². The van der Waals surface area contributed by atoms with Crippen LogP contribution in [0, 0.1) is 11.3 Å². The van der Waals surface area contributed by atoms with Gasteiger partial charge in [-0.3, -0.25) is 9.48 Å². The normalized spacial score (nSPS) is 14.5. The van der Waals surface area contributed by atoms with Gasteiger partial charge in [0.25, 0.3) is 0 Å². The van der Waals surface area contributed by atoms with Gasteiger partial charge in [-0.05, 0) is 12.1 Å². The zero-order chi connectivity index (χ0) is 21.9. The Labute approximate surface area is 176 Å². The summed E-state index contributed by atoms with van der Waals surface area (Å²) in [6, 6.07) is 6.95. The number of carbonyl (C=O) groups excluding carboxylic acids is 1. The Morgan fingerprint density at radius 3 is 2.57 bits per heavy atom. The summed E-state index contributed by atoms with van der Waals surface area (Å²) >= 11 is 6.05. The number of hydrogen-bond donors (Lipinski definition) is 0. The molecule has 0 unspecified atom stereocenters. The molecule has 2 heterocycles. The predicted molar refractivity (Wildman–Crippen MR) is 103 cm³/mol. The standard InChI is InChI=1S/C19H19ClF3N5O2/c1-30-16-10-14(2-3-15(16)20)26-6-8-27(9-7-26)17(29)4-5-28-12-13(11-24)18(25-28)19(21,22)23/h2-3,10,12H,4-9H2,1H3. The summed E-state index contributed by atoms with van der Waals surface area (Å²) in [6.45, 7) is 2.16. The second-order valence-corrected chi connectivity index (χ2v) is 7.11. The molecule has 30 heavy (non-hydrogen) atoms. The number of alkyl halides is 3. The van der Waals surface area contributed by atoms with E-state index in [1.54, 1.807) is 18.1 Å². The van der Waals surface area contributed by atoms with Crippen molar-refractivity contribution in [2.24, 2.45) is 0 Å². The molecule has 0 aliphatic carbocycles. The summed E-state index contributed by atoms with van der Waals surface area (Å²) in [5.74, 6) is 0.396. The number of piperazine rings is 1. The third-order valence-electron chi connectivity index (χ3n) is 4.84. The monoisotopic (exact) mass is 441 g/mol. The van der Waals surface area contributed by atoms with E-state index in [0.29, 0.717) is 37.0 Å². The van der Waals surface area contributed by atoms with Crippen molar-refractivity contribution in [2.75, 3.05) is 38.2 Å². The SMILES string of the molecule is COc1cc(N2CCN(C(=O)CCn3cc(C#N)c(C(F)(F)F)n3)CC2)ccc1Cl. The number of rotatable bonds is 5. The lowest BCUT2D eigenvalue weighted by atomic mass is 10.2. The van der Waals surface area contributed by atoms with Crippen molar-refractivity contribution in [3.8, 4) is 11.8 Å². The lowest BCUT2D eigenvalue weighted by molar-refractivity contribution is -0.141. The van der Waals surface area contributed by atoms with Crippen molar-refractivity contribution < 1.29 is 22.7 Å². The largest absolute Gasteiger partial charge is 0.495 e. The predicted octanol–water partition coefficient (Wildman–Crippen LogP) is 3.17. The number of carbonyl (C=O) groups is 1. The first-order valence-corrected chi connectivity index (χ1v) is 9.51. The molecular weight excluding hydrogens is 423 g/mol. The number of hydrogen-bond acceptors (Lipinski definition) is 5. The Hall–Kier alpha value is -2.93. The van der Waals surface area contributed by atoms with Gasteiger partial charge in [0.2, 0.25) is 5.91 Å². The van der Waals surface area contributed by atoms with Gasteiger partial charge in [0.05, 0.1) is 12.1 Å². The number of ether oxygens (including phenoxy) is 1. The van der Waals surface area contributed by atoms with Gasteiger partial charge >= 0.3 is 6.18 Å². The second-order valence-electron chi connectivity index (χ2n) is 6.70.